The van der Waals surface area contributed by atoms with Crippen LogP contribution in [0.25, 0.3) is 0 Å². The molecule has 0 atom stereocenters. The molecular formula is C21H24N2O6S2. The molecule has 2 N–H and O–H groups in total. The summed E-state index contributed by atoms with van der Waals surface area (Å²) in [6.07, 6.45) is 1.68. The fraction of sp³-hybridized carbons (Fsp3) is 0.381. The number of methoxy groups -OCH3 is 1. The summed E-state index contributed by atoms with van der Waals surface area (Å²) in [5.41, 5.74) is 2.08. The van der Waals surface area contributed by atoms with E-state index in [-0.39, 0.29) is 35.0 Å². The van der Waals surface area contributed by atoms with Gasteiger partial charge in [0.15, 0.2) is 9.84 Å². The van der Waals surface area contributed by atoms with Crippen molar-refractivity contribution >= 4 is 44.1 Å². The number of amides is 3. The standard InChI is InChI=1S/C21H24N2O6S2/c1-13-8-10-14(11-9-13)31(27,28)12-4-7-17(24)22-20-18(19(25)23-21(26)29-2)15-5-3-6-16(15)30-20/h8-11H,3-7,12H2,1-2H3,(H,22,24)(H,23,25,26). The van der Waals surface area contributed by atoms with Gasteiger partial charge in [0.05, 0.1) is 23.3 Å². The predicted molar refractivity (Wildman–Crippen MR) is 117 cm³/mol. The van der Waals surface area contributed by atoms with Crippen LogP contribution in [0.15, 0.2) is 29.2 Å². The average molecular weight is 465 g/mol. The lowest BCUT2D eigenvalue weighted by Crippen LogP contribution is -2.31. The second-order valence-electron chi connectivity index (χ2n) is 7.29. The van der Waals surface area contributed by atoms with Crippen molar-refractivity contribution < 1.29 is 27.5 Å². The van der Waals surface area contributed by atoms with E-state index in [9.17, 15) is 22.8 Å². The third kappa shape index (κ3) is 5.50. The van der Waals surface area contributed by atoms with E-state index in [0.29, 0.717) is 11.4 Å². The number of imide groups is 1. The predicted octanol–water partition coefficient (Wildman–Crippen LogP) is 3.23. The van der Waals surface area contributed by atoms with Gasteiger partial charge in [-0.1, -0.05) is 17.7 Å². The quantitative estimate of drug-likeness (QED) is 0.649. The molecule has 1 aliphatic carbocycles. The maximum Gasteiger partial charge on any atom is 0.413 e. The second kappa shape index (κ2) is 9.61. The normalized spacial score (nSPS) is 12.8. The van der Waals surface area contributed by atoms with E-state index in [1.165, 1.54) is 11.3 Å². The van der Waals surface area contributed by atoms with Gasteiger partial charge in [0, 0.05) is 11.3 Å². The van der Waals surface area contributed by atoms with Gasteiger partial charge in [-0.05, 0) is 50.3 Å². The summed E-state index contributed by atoms with van der Waals surface area (Å²) >= 11 is 1.31. The molecule has 1 aromatic carbocycles. The molecule has 166 valence electrons. The number of carbonyl (C=O) groups excluding carboxylic acids is 3. The summed E-state index contributed by atoms with van der Waals surface area (Å²) < 4.78 is 29.3. The number of carbonyl (C=O) groups is 3. The van der Waals surface area contributed by atoms with Gasteiger partial charge in [-0.25, -0.2) is 13.2 Å². The van der Waals surface area contributed by atoms with E-state index >= 15 is 0 Å². The van der Waals surface area contributed by atoms with Crippen LogP contribution in [0.5, 0.6) is 0 Å². The minimum absolute atomic E-state index is 0.00822. The molecule has 0 spiro atoms. The second-order valence-corrected chi connectivity index (χ2v) is 10.5. The van der Waals surface area contributed by atoms with E-state index in [4.69, 9.17) is 0 Å². The first-order valence-corrected chi connectivity index (χ1v) is 12.3. The third-order valence-electron chi connectivity index (χ3n) is 5.00. The fourth-order valence-corrected chi connectivity index (χ4v) is 6.03. The number of aryl methyl sites for hydroxylation is 2. The molecule has 3 amide bonds. The summed E-state index contributed by atoms with van der Waals surface area (Å²) in [5.74, 6) is -1.16. The molecule has 1 aromatic heterocycles. The molecule has 8 nitrogen and oxygen atoms in total. The zero-order chi connectivity index (χ0) is 22.6. The molecule has 0 aliphatic heterocycles. The SMILES string of the molecule is COC(=O)NC(=O)c1c(NC(=O)CCCS(=O)(=O)c2ccc(C)cc2)sc2c1CCC2. The number of hydrogen-bond donors (Lipinski definition) is 2. The van der Waals surface area contributed by atoms with Crippen LogP contribution < -0.4 is 10.6 Å². The Labute approximate surface area is 184 Å². The molecule has 0 saturated heterocycles. The molecule has 31 heavy (non-hydrogen) atoms. The van der Waals surface area contributed by atoms with Crippen LogP contribution in [0.1, 0.15) is 45.6 Å². The highest BCUT2D eigenvalue weighted by molar-refractivity contribution is 7.91. The van der Waals surface area contributed by atoms with E-state index < -0.39 is 21.8 Å². The Morgan fingerprint density at radius 1 is 1.13 bits per heavy atom. The number of alkyl carbamates (subject to hydrolysis) is 1. The Morgan fingerprint density at radius 2 is 1.84 bits per heavy atom. The number of sulfone groups is 1. The Bertz CT molecular complexity index is 1100. The zero-order valence-corrected chi connectivity index (χ0v) is 19.0. The van der Waals surface area contributed by atoms with Gasteiger partial charge in [0.2, 0.25) is 5.91 Å². The van der Waals surface area contributed by atoms with E-state index in [0.717, 1.165) is 36.0 Å². The van der Waals surface area contributed by atoms with E-state index in [1.807, 2.05) is 6.92 Å². The first kappa shape index (κ1) is 23.0. The Balaban J connectivity index is 1.63. The number of nitrogens with one attached hydrogen (secondary N) is 2. The number of benzene rings is 1. The summed E-state index contributed by atoms with van der Waals surface area (Å²) in [7, 11) is -2.31. The van der Waals surface area contributed by atoms with Crippen molar-refractivity contribution in [3.8, 4) is 0 Å². The first-order valence-electron chi connectivity index (χ1n) is 9.84. The molecule has 1 heterocycles. The van der Waals surface area contributed by atoms with Crippen LogP contribution in [0, 0.1) is 6.92 Å². The van der Waals surface area contributed by atoms with Crippen molar-refractivity contribution in [2.75, 3.05) is 18.2 Å². The number of ether oxygens (including phenoxy) is 1. The minimum atomic E-state index is -3.47. The maximum absolute atomic E-state index is 12.5. The summed E-state index contributed by atoms with van der Waals surface area (Å²) in [4.78, 5) is 37.6. The molecule has 2 aromatic rings. The molecule has 3 rings (SSSR count). The van der Waals surface area contributed by atoms with Crippen LogP contribution in [0.3, 0.4) is 0 Å². The lowest BCUT2D eigenvalue weighted by Gasteiger charge is -2.09. The van der Waals surface area contributed by atoms with Crippen LogP contribution >= 0.6 is 11.3 Å². The van der Waals surface area contributed by atoms with Gasteiger partial charge in [0.25, 0.3) is 5.91 Å². The summed E-state index contributed by atoms with van der Waals surface area (Å²) in [5, 5.41) is 5.23. The molecule has 10 heteroatoms. The summed E-state index contributed by atoms with van der Waals surface area (Å²) in [6.45, 7) is 1.88. The van der Waals surface area contributed by atoms with Gasteiger partial charge >= 0.3 is 6.09 Å². The molecule has 0 saturated carbocycles. The minimum Gasteiger partial charge on any atom is -0.453 e. The number of rotatable bonds is 7. The highest BCUT2D eigenvalue weighted by Gasteiger charge is 2.28. The Hall–Kier alpha value is -2.72. The number of hydrogen-bond acceptors (Lipinski definition) is 7. The van der Waals surface area contributed by atoms with E-state index in [2.05, 4.69) is 15.4 Å². The van der Waals surface area contributed by atoms with Crippen LogP contribution in [0.2, 0.25) is 0 Å². The zero-order valence-electron chi connectivity index (χ0n) is 17.3. The highest BCUT2D eigenvalue weighted by atomic mass is 32.2. The fourth-order valence-electron chi connectivity index (χ4n) is 3.41. The number of thiophene rings is 1. The van der Waals surface area contributed by atoms with Crippen molar-refractivity contribution in [3.63, 3.8) is 0 Å². The van der Waals surface area contributed by atoms with Crippen LogP contribution in [-0.4, -0.2) is 39.2 Å². The third-order valence-corrected chi connectivity index (χ3v) is 8.02. The molecular weight excluding hydrogens is 440 g/mol. The van der Waals surface area contributed by atoms with Gasteiger partial charge in [-0.15, -0.1) is 11.3 Å². The topological polar surface area (TPSA) is 119 Å². The van der Waals surface area contributed by atoms with Gasteiger partial charge < -0.3 is 10.1 Å². The van der Waals surface area contributed by atoms with Crippen molar-refractivity contribution in [1.29, 1.82) is 0 Å². The van der Waals surface area contributed by atoms with Crippen molar-refractivity contribution in [1.82, 2.24) is 5.32 Å². The molecule has 1 aliphatic rings. The number of fused-ring (bicyclic) bond motifs is 1. The van der Waals surface area contributed by atoms with Crippen molar-refractivity contribution in [2.45, 2.75) is 43.9 Å². The van der Waals surface area contributed by atoms with E-state index in [1.54, 1.807) is 24.3 Å². The Morgan fingerprint density at radius 3 is 2.52 bits per heavy atom. The van der Waals surface area contributed by atoms with Crippen LogP contribution in [0.4, 0.5) is 9.80 Å². The van der Waals surface area contributed by atoms with Crippen molar-refractivity contribution in [2.24, 2.45) is 0 Å². The number of anilines is 1. The highest BCUT2D eigenvalue weighted by Crippen LogP contribution is 2.39. The van der Waals surface area contributed by atoms with Crippen molar-refractivity contribution in [3.05, 3.63) is 45.8 Å². The molecule has 0 unspecified atom stereocenters. The first-order chi connectivity index (χ1) is 14.7. The lowest BCUT2D eigenvalue weighted by atomic mass is 10.1. The smallest absolute Gasteiger partial charge is 0.413 e. The maximum atomic E-state index is 12.5. The largest absolute Gasteiger partial charge is 0.453 e. The van der Waals surface area contributed by atoms with Gasteiger partial charge in [-0.2, -0.15) is 0 Å². The van der Waals surface area contributed by atoms with Gasteiger partial charge in [0.1, 0.15) is 5.00 Å². The monoisotopic (exact) mass is 464 g/mol. The molecule has 0 bridgehead atoms. The van der Waals surface area contributed by atoms with Crippen LogP contribution in [-0.2, 0) is 32.2 Å². The summed E-state index contributed by atoms with van der Waals surface area (Å²) in [6, 6.07) is 6.58. The molecule has 0 radical (unpaired) electrons. The Kier molecular flexibility index (Phi) is 7.11. The average Bonchev–Trinajstić information content (AvgIpc) is 3.28. The van der Waals surface area contributed by atoms with Gasteiger partial charge in [-0.3, -0.25) is 14.9 Å². The lowest BCUT2D eigenvalue weighted by molar-refractivity contribution is -0.116. The molecule has 0 fully saturated rings.